The lowest BCUT2D eigenvalue weighted by atomic mass is 10.0. The van der Waals surface area contributed by atoms with Crippen molar-refractivity contribution in [2.45, 2.75) is 5.38 Å². The molecule has 1 unspecified atom stereocenters. The van der Waals surface area contributed by atoms with Crippen LogP contribution in [0, 0.1) is 0 Å². The van der Waals surface area contributed by atoms with Crippen molar-refractivity contribution in [2.75, 3.05) is 7.11 Å². The smallest absolute Gasteiger partial charge is 0.118 e. The normalized spacial score (nSPS) is 12.2. The van der Waals surface area contributed by atoms with Crippen molar-refractivity contribution in [3.63, 3.8) is 0 Å². The summed E-state index contributed by atoms with van der Waals surface area (Å²) in [5.41, 5.74) is 1.84. The molecule has 2 aromatic carbocycles. The summed E-state index contributed by atoms with van der Waals surface area (Å²) in [7, 11) is 1.63. The Morgan fingerprint density at radius 3 is 1.94 bits per heavy atom. The van der Waals surface area contributed by atoms with E-state index in [1.165, 1.54) is 0 Å². The maximum Gasteiger partial charge on any atom is 0.118 e. The van der Waals surface area contributed by atoms with Gasteiger partial charge in [0.05, 0.1) is 12.5 Å². The summed E-state index contributed by atoms with van der Waals surface area (Å²) in [6.07, 6.45) is 0. The molecule has 0 aromatic heterocycles. The van der Waals surface area contributed by atoms with Crippen LogP contribution >= 0.6 is 34.8 Å². The van der Waals surface area contributed by atoms with E-state index < -0.39 is 0 Å². The van der Waals surface area contributed by atoms with Gasteiger partial charge in [0.25, 0.3) is 0 Å². The van der Waals surface area contributed by atoms with E-state index in [2.05, 4.69) is 0 Å². The summed E-state index contributed by atoms with van der Waals surface area (Å²) in [6.45, 7) is 0. The summed E-state index contributed by atoms with van der Waals surface area (Å²) in [5, 5.41) is 0.875. The topological polar surface area (TPSA) is 9.23 Å². The van der Waals surface area contributed by atoms with Crippen molar-refractivity contribution in [2.24, 2.45) is 0 Å². The SMILES string of the molecule is COc1ccc(C(Cl)c2cc(Cl)cc(Cl)c2)cc1. The van der Waals surface area contributed by atoms with E-state index in [4.69, 9.17) is 39.5 Å². The first-order valence-corrected chi connectivity index (χ1v) is 6.53. The fourth-order valence-electron chi connectivity index (χ4n) is 1.69. The Morgan fingerprint density at radius 1 is 0.889 bits per heavy atom. The van der Waals surface area contributed by atoms with Gasteiger partial charge in [-0.1, -0.05) is 35.3 Å². The number of halogens is 3. The summed E-state index contributed by atoms with van der Waals surface area (Å²) in [4.78, 5) is 0. The molecule has 0 aliphatic carbocycles. The Bertz CT molecular complexity index is 517. The van der Waals surface area contributed by atoms with Crippen molar-refractivity contribution in [1.29, 1.82) is 0 Å². The van der Waals surface area contributed by atoms with Crippen LogP contribution in [0.1, 0.15) is 16.5 Å². The van der Waals surface area contributed by atoms with Crippen LogP contribution in [-0.2, 0) is 0 Å². The van der Waals surface area contributed by atoms with E-state index in [1.807, 2.05) is 36.4 Å². The van der Waals surface area contributed by atoms with Gasteiger partial charge in [0.15, 0.2) is 0 Å². The highest BCUT2D eigenvalue weighted by molar-refractivity contribution is 6.35. The second-order valence-corrected chi connectivity index (χ2v) is 5.15. The predicted molar refractivity (Wildman–Crippen MR) is 77.2 cm³/mol. The standard InChI is InChI=1S/C14H11Cl3O/c1-18-13-4-2-9(3-5-13)14(17)10-6-11(15)8-12(16)7-10/h2-8,14H,1H3. The monoisotopic (exact) mass is 300 g/mol. The zero-order valence-corrected chi connectivity index (χ0v) is 11.9. The molecule has 4 heteroatoms. The average molecular weight is 302 g/mol. The van der Waals surface area contributed by atoms with Gasteiger partial charge >= 0.3 is 0 Å². The van der Waals surface area contributed by atoms with E-state index in [1.54, 1.807) is 13.2 Å². The fourth-order valence-corrected chi connectivity index (χ4v) is 2.50. The molecule has 1 atom stereocenters. The molecule has 94 valence electrons. The lowest BCUT2D eigenvalue weighted by molar-refractivity contribution is 0.414. The molecule has 0 fully saturated rings. The molecule has 0 radical (unpaired) electrons. The maximum absolute atomic E-state index is 6.41. The Hall–Kier alpha value is -0.890. The second kappa shape index (κ2) is 5.83. The molecule has 0 saturated heterocycles. The molecule has 18 heavy (non-hydrogen) atoms. The number of ether oxygens (including phenoxy) is 1. The van der Waals surface area contributed by atoms with E-state index in [0.29, 0.717) is 10.0 Å². The minimum absolute atomic E-state index is 0.285. The van der Waals surface area contributed by atoms with Gasteiger partial charge < -0.3 is 4.74 Å². The minimum atomic E-state index is -0.285. The highest BCUT2D eigenvalue weighted by Crippen LogP contribution is 2.33. The molecule has 0 heterocycles. The molecule has 0 N–H and O–H groups in total. The minimum Gasteiger partial charge on any atom is -0.497 e. The molecule has 0 saturated carbocycles. The Kier molecular flexibility index (Phi) is 4.39. The first-order valence-electron chi connectivity index (χ1n) is 5.34. The third-order valence-electron chi connectivity index (χ3n) is 2.59. The van der Waals surface area contributed by atoms with Crippen LogP contribution in [0.3, 0.4) is 0 Å². The van der Waals surface area contributed by atoms with Gasteiger partial charge in [-0.05, 0) is 41.5 Å². The summed E-state index contributed by atoms with van der Waals surface area (Å²) < 4.78 is 5.11. The van der Waals surface area contributed by atoms with Crippen LogP contribution < -0.4 is 4.74 Å². The molecule has 0 bridgehead atoms. The van der Waals surface area contributed by atoms with Crippen LogP contribution in [-0.4, -0.2) is 7.11 Å². The van der Waals surface area contributed by atoms with Crippen molar-refractivity contribution in [1.82, 2.24) is 0 Å². The predicted octanol–water partition coefficient (Wildman–Crippen LogP) is 5.33. The molecule has 0 aliphatic heterocycles. The molecule has 0 spiro atoms. The molecule has 0 amide bonds. The van der Waals surface area contributed by atoms with Crippen molar-refractivity contribution in [3.05, 3.63) is 63.6 Å². The van der Waals surface area contributed by atoms with Crippen LogP contribution in [0.5, 0.6) is 5.75 Å². The summed E-state index contributed by atoms with van der Waals surface area (Å²) in [5.74, 6) is 0.798. The first-order chi connectivity index (χ1) is 8.60. The summed E-state index contributed by atoms with van der Waals surface area (Å²) in [6, 6.07) is 12.9. The first kappa shape index (κ1) is 13.5. The average Bonchev–Trinajstić information content (AvgIpc) is 2.37. The van der Waals surface area contributed by atoms with Crippen molar-refractivity contribution < 1.29 is 4.74 Å². The number of methoxy groups -OCH3 is 1. The van der Waals surface area contributed by atoms with Gasteiger partial charge in [-0.3, -0.25) is 0 Å². The molecular formula is C14H11Cl3O. The number of benzene rings is 2. The third-order valence-corrected chi connectivity index (χ3v) is 3.53. The second-order valence-electron chi connectivity index (χ2n) is 3.84. The molecule has 0 aliphatic rings. The van der Waals surface area contributed by atoms with Gasteiger partial charge in [-0.2, -0.15) is 0 Å². The number of hydrogen-bond donors (Lipinski definition) is 0. The van der Waals surface area contributed by atoms with E-state index >= 15 is 0 Å². The quantitative estimate of drug-likeness (QED) is 0.696. The molecule has 1 nitrogen and oxygen atoms in total. The van der Waals surface area contributed by atoms with Gasteiger partial charge in [0.1, 0.15) is 5.75 Å². The van der Waals surface area contributed by atoms with Crippen LogP contribution in [0.25, 0.3) is 0 Å². The van der Waals surface area contributed by atoms with Gasteiger partial charge in [0.2, 0.25) is 0 Å². The van der Waals surface area contributed by atoms with Crippen molar-refractivity contribution >= 4 is 34.8 Å². The zero-order chi connectivity index (χ0) is 13.1. The van der Waals surface area contributed by atoms with Gasteiger partial charge in [-0.25, -0.2) is 0 Å². The van der Waals surface area contributed by atoms with Crippen LogP contribution in [0.15, 0.2) is 42.5 Å². The number of rotatable bonds is 3. The van der Waals surface area contributed by atoms with E-state index in [-0.39, 0.29) is 5.38 Å². The van der Waals surface area contributed by atoms with Crippen LogP contribution in [0.2, 0.25) is 10.0 Å². The Morgan fingerprint density at radius 2 is 1.44 bits per heavy atom. The maximum atomic E-state index is 6.41. The zero-order valence-electron chi connectivity index (χ0n) is 9.66. The van der Waals surface area contributed by atoms with E-state index in [9.17, 15) is 0 Å². The van der Waals surface area contributed by atoms with Crippen LogP contribution in [0.4, 0.5) is 0 Å². The lowest BCUT2D eigenvalue weighted by Gasteiger charge is -2.12. The number of alkyl halides is 1. The third kappa shape index (κ3) is 3.11. The Balaban J connectivity index is 2.31. The van der Waals surface area contributed by atoms with Gasteiger partial charge in [-0.15, -0.1) is 11.6 Å². The highest BCUT2D eigenvalue weighted by Gasteiger charge is 2.12. The van der Waals surface area contributed by atoms with E-state index in [0.717, 1.165) is 16.9 Å². The fraction of sp³-hybridized carbons (Fsp3) is 0.143. The largest absolute Gasteiger partial charge is 0.497 e. The molecular weight excluding hydrogens is 291 g/mol. The lowest BCUT2D eigenvalue weighted by Crippen LogP contribution is -1.93. The Labute approximate surface area is 121 Å². The molecule has 2 rings (SSSR count). The molecule has 2 aromatic rings. The van der Waals surface area contributed by atoms with Gasteiger partial charge in [0, 0.05) is 10.0 Å². The highest BCUT2D eigenvalue weighted by atomic mass is 35.5. The number of hydrogen-bond acceptors (Lipinski definition) is 1. The van der Waals surface area contributed by atoms with Crippen molar-refractivity contribution in [3.8, 4) is 5.75 Å². The summed E-state index contributed by atoms with van der Waals surface area (Å²) >= 11 is 18.3.